The highest BCUT2D eigenvalue weighted by Crippen LogP contribution is 2.36. The Kier molecular flexibility index (Phi) is 12.5. The van der Waals surface area contributed by atoms with E-state index in [9.17, 15) is 31.5 Å². The first-order valence-electron chi connectivity index (χ1n) is 14.7. The molecule has 0 spiro atoms. The lowest BCUT2D eigenvalue weighted by molar-refractivity contribution is -0.181. The van der Waals surface area contributed by atoms with Gasteiger partial charge in [-0.15, -0.1) is 0 Å². The van der Waals surface area contributed by atoms with Gasteiger partial charge in [0.05, 0.1) is 23.5 Å². The van der Waals surface area contributed by atoms with Crippen LogP contribution < -0.4 is 11.1 Å². The van der Waals surface area contributed by atoms with Crippen molar-refractivity contribution in [3.63, 3.8) is 0 Å². The van der Waals surface area contributed by atoms with Crippen molar-refractivity contribution in [3.05, 3.63) is 96.1 Å². The third-order valence-corrected chi connectivity index (χ3v) is 9.99. The monoisotopic (exact) mass is 633 g/mol. The lowest BCUT2D eigenvalue weighted by atomic mass is 9.80. The number of nitrogens with two attached hydrogens (primary N) is 1. The Bertz CT molecular complexity index is 1380. The molecule has 0 aliphatic rings. The van der Waals surface area contributed by atoms with E-state index in [4.69, 9.17) is 5.73 Å². The summed E-state index contributed by atoms with van der Waals surface area (Å²) in [6, 6.07) is 21.6. The minimum absolute atomic E-state index is 0.0181. The van der Waals surface area contributed by atoms with E-state index in [1.54, 1.807) is 20.9 Å². The fourth-order valence-electron chi connectivity index (χ4n) is 5.72. The average molecular weight is 634 g/mol. The third kappa shape index (κ3) is 8.90. The normalized spacial score (nSPS) is 14.6. The van der Waals surface area contributed by atoms with Crippen LogP contribution in [0.5, 0.6) is 0 Å². The quantitative estimate of drug-likeness (QED) is 0.173. The van der Waals surface area contributed by atoms with Gasteiger partial charge in [0.25, 0.3) is 0 Å². The van der Waals surface area contributed by atoms with E-state index >= 15 is 0 Å². The van der Waals surface area contributed by atoms with Crippen LogP contribution in [-0.4, -0.2) is 61.6 Å². The second-order valence-corrected chi connectivity index (χ2v) is 13.1. The highest BCUT2D eigenvalue weighted by Gasteiger charge is 2.43. The molecule has 0 heterocycles. The molecule has 0 bridgehead atoms. The van der Waals surface area contributed by atoms with Crippen LogP contribution in [0, 0.1) is 5.92 Å². The van der Waals surface area contributed by atoms with Crippen molar-refractivity contribution in [2.45, 2.75) is 74.6 Å². The number of rotatable bonds is 16. The van der Waals surface area contributed by atoms with Gasteiger partial charge in [0.1, 0.15) is 0 Å². The Labute approximate surface area is 258 Å². The molecule has 4 N–H and O–H groups in total. The topological polar surface area (TPSA) is 113 Å². The van der Waals surface area contributed by atoms with Crippen LogP contribution in [0.3, 0.4) is 0 Å². The molecular weight excluding hydrogens is 591 g/mol. The van der Waals surface area contributed by atoms with Gasteiger partial charge in [-0.05, 0) is 69.1 Å². The molecule has 0 radical (unpaired) electrons. The van der Waals surface area contributed by atoms with E-state index in [0.29, 0.717) is 5.69 Å². The maximum absolute atomic E-state index is 14.3. The van der Waals surface area contributed by atoms with Gasteiger partial charge in [0.2, 0.25) is 10.0 Å². The SMILES string of the molecule is CN[C@H](C(=O)C[C@H](CCC[C@@H](CO)N(C(C)C)S(=O)(=O)c1ccc(N)cc1)C(F)(F)F)C(c1ccccc1)c1ccccc1. The summed E-state index contributed by atoms with van der Waals surface area (Å²) in [6.45, 7) is 2.71. The molecule has 0 aromatic heterocycles. The minimum atomic E-state index is -4.65. The fourth-order valence-corrected chi connectivity index (χ4v) is 7.56. The van der Waals surface area contributed by atoms with E-state index in [-0.39, 0.29) is 17.7 Å². The molecule has 7 nitrogen and oxygen atoms in total. The van der Waals surface area contributed by atoms with Gasteiger partial charge < -0.3 is 16.2 Å². The summed E-state index contributed by atoms with van der Waals surface area (Å²) in [7, 11) is -2.50. The zero-order valence-electron chi connectivity index (χ0n) is 25.2. The molecule has 0 aliphatic heterocycles. The molecule has 3 aromatic rings. The molecule has 11 heteroatoms. The van der Waals surface area contributed by atoms with Crippen molar-refractivity contribution >= 4 is 21.5 Å². The number of anilines is 1. The molecule has 3 aromatic carbocycles. The summed E-state index contributed by atoms with van der Waals surface area (Å²) < 4.78 is 70.9. The minimum Gasteiger partial charge on any atom is -0.399 e. The molecule has 240 valence electrons. The van der Waals surface area contributed by atoms with Crippen LogP contribution in [0.2, 0.25) is 0 Å². The van der Waals surface area contributed by atoms with Gasteiger partial charge in [0.15, 0.2) is 5.78 Å². The Morgan fingerprint density at radius 3 is 1.86 bits per heavy atom. The number of carbonyl (C=O) groups is 1. The molecule has 3 rings (SSSR count). The summed E-state index contributed by atoms with van der Waals surface area (Å²) in [6.07, 6.45) is -5.83. The lowest BCUT2D eigenvalue weighted by Crippen LogP contribution is -2.46. The predicted molar refractivity (Wildman–Crippen MR) is 166 cm³/mol. The van der Waals surface area contributed by atoms with Crippen molar-refractivity contribution in [1.82, 2.24) is 9.62 Å². The Balaban J connectivity index is 1.79. The number of nitrogen functional groups attached to an aromatic ring is 1. The van der Waals surface area contributed by atoms with Gasteiger partial charge in [-0.1, -0.05) is 67.1 Å². The number of carbonyl (C=O) groups excluding carboxylic acids is 1. The van der Waals surface area contributed by atoms with Crippen LogP contribution in [0.25, 0.3) is 0 Å². The number of hydrogen-bond acceptors (Lipinski definition) is 6. The summed E-state index contributed by atoms with van der Waals surface area (Å²) in [5.74, 6) is -3.00. The number of hydrogen-bond donors (Lipinski definition) is 3. The zero-order valence-corrected chi connectivity index (χ0v) is 26.1. The Hall–Kier alpha value is -3.25. The maximum Gasteiger partial charge on any atom is 0.392 e. The largest absolute Gasteiger partial charge is 0.399 e. The number of nitrogens with one attached hydrogen (secondary N) is 1. The first-order chi connectivity index (χ1) is 20.8. The van der Waals surface area contributed by atoms with Crippen LogP contribution in [0.15, 0.2) is 89.8 Å². The second kappa shape index (κ2) is 15.7. The lowest BCUT2D eigenvalue weighted by Gasteiger charge is -2.33. The van der Waals surface area contributed by atoms with Crippen LogP contribution in [-0.2, 0) is 14.8 Å². The molecule has 44 heavy (non-hydrogen) atoms. The first-order valence-corrected chi connectivity index (χ1v) is 16.1. The number of halogens is 3. The number of alkyl halides is 3. The molecule has 0 unspecified atom stereocenters. The maximum atomic E-state index is 14.3. The number of Topliss-reactive ketones (excluding diaryl/α,β-unsaturated/α-hetero) is 1. The number of aliphatic hydroxyl groups is 1. The number of ketones is 1. The van der Waals surface area contributed by atoms with E-state index in [1.807, 2.05) is 60.7 Å². The highest BCUT2D eigenvalue weighted by molar-refractivity contribution is 7.89. The number of benzene rings is 3. The third-order valence-electron chi connectivity index (χ3n) is 7.84. The number of nitrogens with zero attached hydrogens (tertiary/aromatic N) is 1. The summed E-state index contributed by atoms with van der Waals surface area (Å²) in [5.41, 5.74) is 7.68. The highest BCUT2D eigenvalue weighted by atomic mass is 32.2. The molecule has 3 atom stereocenters. The first kappa shape index (κ1) is 35.2. The zero-order chi connectivity index (χ0) is 32.5. The van der Waals surface area contributed by atoms with Crippen LogP contribution >= 0.6 is 0 Å². The van der Waals surface area contributed by atoms with Crippen LogP contribution in [0.4, 0.5) is 18.9 Å². The van der Waals surface area contributed by atoms with E-state index in [1.165, 1.54) is 24.3 Å². The second-order valence-electron chi connectivity index (χ2n) is 11.2. The Morgan fingerprint density at radius 2 is 1.43 bits per heavy atom. The van der Waals surface area contributed by atoms with Gasteiger partial charge in [0, 0.05) is 30.1 Å². The van der Waals surface area contributed by atoms with Crippen molar-refractivity contribution in [1.29, 1.82) is 0 Å². The molecular formula is C33H42F3N3O4S. The summed E-state index contributed by atoms with van der Waals surface area (Å²) in [4.78, 5) is 13.6. The van der Waals surface area contributed by atoms with Crippen molar-refractivity contribution < 1.29 is 31.5 Å². The number of aliphatic hydroxyl groups excluding tert-OH is 1. The molecule has 0 saturated carbocycles. The van der Waals surface area contributed by atoms with Crippen molar-refractivity contribution in [3.8, 4) is 0 Å². The standard InChI is InChI=1S/C33H42F3N3O4S/c1-23(2)39(44(42,43)29-19-17-27(37)18-20-29)28(22-40)16-10-15-26(33(34,35)36)21-30(41)32(38-3)31(24-11-6-4-7-12-24)25-13-8-5-9-14-25/h4-9,11-14,17-20,23,26,28,31-32,38,40H,10,15-16,21-22,37H2,1-3H3/t26-,28-,32+/m0/s1. The molecule has 0 saturated heterocycles. The summed E-state index contributed by atoms with van der Waals surface area (Å²) >= 11 is 0. The average Bonchev–Trinajstić information content (AvgIpc) is 2.98. The van der Waals surface area contributed by atoms with E-state index in [2.05, 4.69) is 5.32 Å². The fraction of sp³-hybridized carbons (Fsp3) is 0.424. The number of sulfonamides is 1. The van der Waals surface area contributed by atoms with E-state index < -0.39 is 71.4 Å². The van der Waals surface area contributed by atoms with Gasteiger partial charge in [-0.25, -0.2) is 8.42 Å². The van der Waals surface area contributed by atoms with Gasteiger partial charge in [-0.3, -0.25) is 4.79 Å². The molecule has 0 amide bonds. The molecule has 0 fully saturated rings. The van der Waals surface area contributed by atoms with Gasteiger partial charge >= 0.3 is 6.18 Å². The van der Waals surface area contributed by atoms with E-state index in [0.717, 1.165) is 15.4 Å². The molecule has 0 aliphatic carbocycles. The van der Waals surface area contributed by atoms with Gasteiger partial charge in [-0.2, -0.15) is 17.5 Å². The summed E-state index contributed by atoms with van der Waals surface area (Å²) in [5, 5.41) is 13.1. The van der Waals surface area contributed by atoms with Crippen molar-refractivity contribution in [2.24, 2.45) is 5.92 Å². The van der Waals surface area contributed by atoms with Crippen molar-refractivity contribution in [2.75, 3.05) is 19.4 Å². The van der Waals surface area contributed by atoms with Crippen LogP contribution in [0.1, 0.15) is 56.6 Å². The number of likely N-dealkylation sites (N-methyl/N-ethyl adjacent to an activating group) is 1. The predicted octanol–water partition coefficient (Wildman–Crippen LogP) is 5.76. The Morgan fingerprint density at radius 1 is 0.909 bits per heavy atom. The smallest absolute Gasteiger partial charge is 0.392 e.